The van der Waals surface area contributed by atoms with E-state index < -0.39 is 0 Å². The van der Waals surface area contributed by atoms with E-state index in [9.17, 15) is 4.39 Å². The van der Waals surface area contributed by atoms with Crippen LogP contribution in [-0.4, -0.2) is 12.0 Å². The van der Waals surface area contributed by atoms with Gasteiger partial charge in [0.1, 0.15) is 5.82 Å². The van der Waals surface area contributed by atoms with Crippen molar-refractivity contribution in [3.05, 3.63) is 42.0 Å². The highest BCUT2D eigenvalue weighted by Crippen LogP contribution is 2.19. The Hall–Kier alpha value is -1.22. The Morgan fingerprint density at radius 1 is 1.60 bits per heavy atom. The van der Waals surface area contributed by atoms with Crippen LogP contribution in [0.4, 0.5) is 4.39 Å². The Labute approximate surface area is 90.2 Å². The number of hydrogen-bond acceptors (Lipinski definition) is 2. The molecule has 0 fully saturated rings. The van der Waals surface area contributed by atoms with Gasteiger partial charge in [0.05, 0.1) is 17.9 Å². The monoisotopic (exact) mass is 208 g/mol. The Morgan fingerprint density at radius 2 is 2.33 bits per heavy atom. The lowest BCUT2D eigenvalue weighted by Crippen LogP contribution is -2.18. The van der Waals surface area contributed by atoms with Crippen LogP contribution in [0.1, 0.15) is 31.5 Å². The van der Waals surface area contributed by atoms with Gasteiger partial charge in [-0.3, -0.25) is 4.98 Å². The third-order valence-corrected chi connectivity index (χ3v) is 2.45. The molecule has 0 amide bonds. The van der Waals surface area contributed by atoms with Crippen molar-refractivity contribution in [3.8, 4) is 0 Å². The molecule has 0 aliphatic heterocycles. The quantitative estimate of drug-likeness (QED) is 0.753. The number of halogens is 1. The van der Waals surface area contributed by atoms with Gasteiger partial charge >= 0.3 is 0 Å². The molecule has 0 aliphatic carbocycles. The normalized spacial score (nSPS) is 12.5. The van der Waals surface area contributed by atoms with Crippen LogP contribution in [0, 0.1) is 5.82 Å². The van der Waals surface area contributed by atoms with Crippen molar-refractivity contribution in [1.82, 2.24) is 10.3 Å². The van der Waals surface area contributed by atoms with Crippen molar-refractivity contribution in [2.24, 2.45) is 0 Å². The minimum atomic E-state index is -0.303. The van der Waals surface area contributed by atoms with Crippen molar-refractivity contribution in [3.63, 3.8) is 0 Å². The van der Waals surface area contributed by atoms with Gasteiger partial charge in [-0.25, -0.2) is 4.39 Å². The Balaban J connectivity index is 2.74. The van der Waals surface area contributed by atoms with Gasteiger partial charge in [0.25, 0.3) is 0 Å². The maximum Gasteiger partial charge on any atom is 0.141 e. The van der Waals surface area contributed by atoms with E-state index in [0.29, 0.717) is 0 Å². The summed E-state index contributed by atoms with van der Waals surface area (Å²) in [5.41, 5.74) is 2.02. The highest BCUT2D eigenvalue weighted by Gasteiger charge is 2.11. The smallest absolute Gasteiger partial charge is 0.141 e. The maximum atomic E-state index is 12.7. The van der Waals surface area contributed by atoms with Crippen LogP contribution < -0.4 is 5.32 Å². The van der Waals surface area contributed by atoms with Crippen LogP contribution in [0.5, 0.6) is 0 Å². The third kappa shape index (κ3) is 3.44. The summed E-state index contributed by atoms with van der Waals surface area (Å²) in [6.07, 6.45) is 3.04. The van der Waals surface area contributed by atoms with Crippen molar-refractivity contribution in [1.29, 1.82) is 0 Å². The molecule has 1 unspecified atom stereocenters. The van der Waals surface area contributed by atoms with E-state index >= 15 is 0 Å². The van der Waals surface area contributed by atoms with Gasteiger partial charge < -0.3 is 5.32 Å². The lowest BCUT2D eigenvalue weighted by molar-refractivity contribution is 0.559. The number of rotatable bonds is 5. The second-order valence-corrected chi connectivity index (χ2v) is 3.55. The molecule has 1 atom stereocenters. The molecule has 1 rings (SSSR count). The van der Waals surface area contributed by atoms with Crippen molar-refractivity contribution < 1.29 is 4.39 Å². The second kappa shape index (κ2) is 5.61. The first-order valence-electron chi connectivity index (χ1n) is 5.12. The van der Waals surface area contributed by atoms with Gasteiger partial charge in [-0.05, 0) is 32.0 Å². The number of hydrogen-bond donors (Lipinski definition) is 1. The highest BCUT2D eigenvalue weighted by molar-refractivity contribution is 5.12. The van der Waals surface area contributed by atoms with E-state index in [0.717, 1.165) is 18.5 Å². The molecule has 0 radical (unpaired) electrons. The van der Waals surface area contributed by atoms with Crippen molar-refractivity contribution in [2.75, 3.05) is 7.05 Å². The number of nitrogens with one attached hydrogen (secondary N) is 1. The summed E-state index contributed by atoms with van der Waals surface area (Å²) in [6.45, 7) is 6.04. The summed E-state index contributed by atoms with van der Waals surface area (Å²) in [5.74, 6) is -0.303. The molecule has 0 aromatic carbocycles. The molecule has 2 nitrogen and oxygen atoms in total. The summed E-state index contributed by atoms with van der Waals surface area (Å²) < 4.78 is 12.7. The molecule has 1 aromatic heterocycles. The molecule has 3 heteroatoms. The molecular weight excluding hydrogens is 191 g/mol. The van der Waals surface area contributed by atoms with E-state index in [4.69, 9.17) is 0 Å². The van der Waals surface area contributed by atoms with Crippen LogP contribution in [-0.2, 0) is 0 Å². The van der Waals surface area contributed by atoms with Crippen molar-refractivity contribution >= 4 is 0 Å². The second-order valence-electron chi connectivity index (χ2n) is 3.55. The molecule has 0 saturated heterocycles. The maximum absolute atomic E-state index is 12.7. The molecule has 1 aromatic rings. The average Bonchev–Trinajstić information content (AvgIpc) is 2.27. The van der Waals surface area contributed by atoms with Gasteiger partial charge in [-0.1, -0.05) is 19.1 Å². The first-order valence-corrected chi connectivity index (χ1v) is 5.12. The van der Waals surface area contributed by atoms with Gasteiger partial charge in [0.2, 0.25) is 0 Å². The van der Waals surface area contributed by atoms with Crippen LogP contribution >= 0.6 is 0 Å². The zero-order valence-corrected chi connectivity index (χ0v) is 9.26. The fourth-order valence-corrected chi connectivity index (χ4v) is 1.38. The molecule has 0 bridgehead atoms. The zero-order valence-electron chi connectivity index (χ0n) is 9.26. The molecule has 82 valence electrons. The predicted molar refractivity (Wildman–Crippen MR) is 60.0 cm³/mol. The Morgan fingerprint density at radius 3 is 2.80 bits per heavy atom. The molecule has 0 saturated carbocycles. The zero-order chi connectivity index (χ0) is 11.3. The average molecular weight is 208 g/mol. The van der Waals surface area contributed by atoms with E-state index in [-0.39, 0.29) is 11.9 Å². The SMILES string of the molecule is C=C(CC)CC(NC)c1ccc(F)cn1. The summed E-state index contributed by atoms with van der Waals surface area (Å²) in [6, 6.07) is 3.26. The van der Waals surface area contributed by atoms with Gasteiger partial charge in [-0.2, -0.15) is 0 Å². The van der Waals surface area contributed by atoms with Gasteiger partial charge in [0, 0.05) is 0 Å². The largest absolute Gasteiger partial charge is 0.311 e. The predicted octanol–water partition coefficient (Wildman–Crippen LogP) is 2.84. The van der Waals surface area contributed by atoms with Crippen LogP contribution in [0.3, 0.4) is 0 Å². The Bertz CT molecular complexity index is 319. The Kier molecular flexibility index (Phi) is 4.43. The van der Waals surface area contributed by atoms with E-state index in [1.54, 1.807) is 6.07 Å². The van der Waals surface area contributed by atoms with Crippen LogP contribution in [0.15, 0.2) is 30.5 Å². The van der Waals surface area contributed by atoms with Crippen molar-refractivity contribution in [2.45, 2.75) is 25.8 Å². The molecule has 1 N–H and O–H groups in total. The fourth-order valence-electron chi connectivity index (χ4n) is 1.38. The van der Waals surface area contributed by atoms with Crippen LogP contribution in [0.2, 0.25) is 0 Å². The molecule has 0 aliphatic rings. The number of aromatic nitrogens is 1. The lowest BCUT2D eigenvalue weighted by atomic mass is 10.0. The molecule has 15 heavy (non-hydrogen) atoms. The van der Waals surface area contributed by atoms with E-state index in [1.807, 2.05) is 7.05 Å². The van der Waals surface area contributed by atoms with Gasteiger partial charge in [-0.15, -0.1) is 0 Å². The van der Waals surface area contributed by atoms with E-state index in [2.05, 4.69) is 23.8 Å². The third-order valence-electron chi connectivity index (χ3n) is 2.45. The first kappa shape index (κ1) is 11.9. The molecule has 1 heterocycles. The number of nitrogens with zero attached hydrogens (tertiary/aromatic N) is 1. The summed E-state index contributed by atoms with van der Waals surface area (Å²) >= 11 is 0. The lowest BCUT2D eigenvalue weighted by Gasteiger charge is -2.16. The minimum Gasteiger partial charge on any atom is -0.311 e. The molecular formula is C12H17FN2. The summed E-state index contributed by atoms with van der Waals surface area (Å²) in [4.78, 5) is 4.06. The molecule has 0 spiro atoms. The number of pyridine rings is 1. The summed E-state index contributed by atoms with van der Waals surface area (Å²) in [7, 11) is 1.87. The van der Waals surface area contributed by atoms with E-state index in [1.165, 1.54) is 17.8 Å². The highest BCUT2D eigenvalue weighted by atomic mass is 19.1. The topological polar surface area (TPSA) is 24.9 Å². The van der Waals surface area contributed by atoms with Gasteiger partial charge in [0.15, 0.2) is 0 Å². The first-order chi connectivity index (χ1) is 7.17. The fraction of sp³-hybridized carbons (Fsp3) is 0.417. The minimum absolute atomic E-state index is 0.123. The standard InChI is InChI=1S/C12H17FN2/c1-4-9(2)7-12(14-3)11-6-5-10(13)8-15-11/h5-6,8,12,14H,2,4,7H2,1,3H3. The summed E-state index contributed by atoms with van der Waals surface area (Å²) in [5, 5.41) is 3.16. The van der Waals surface area contributed by atoms with Crippen LogP contribution in [0.25, 0.3) is 0 Å².